The lowest BCUT2D eigenvalue weighted by Crippen LogP contribution is -2.20. The van der Waals surface area contributed by atoms with Gasteiger partial charge in [-0.05, 0) is 53.5 Å². The molecule has 0 saturated heterocycles. The van der Waals surface area contributed by atoms with Crippen LogP contribution in [0.25, 0.3) is 38.4 Å². The van der Waals surface area contributed by atoms with Crippen molar-refractivity contribution in [1.29, 1.82) is 0 Å². The van der Waals surface area contributed by atoms with Gasteiger partial charge in [0.25, 0.3) is 0 Å². The zero-order valence-electron chi connectivity index (χ0n) is 20.0. The summed E-state index contributed by atoms with van der Waals surface area (Å²) in [4.78, 5) is 16.8. The van der Waals surface area contributed by atoms with Crippen LogP contribution in [0.15, 0.2) is 89.8 Å². The van der Waals surface area contributed by atoms with E-state index in [-0.39, 0.29) is 5.91 Å². The zero-order valence-corrected chi connectivity index (χ0v) is 20.0. The van der Waals surface area contributed by atoms with Crippen molar-refractivity contribution in [1.82, 2.24) is 10.3 Å². The molecule has 174 valence electrons. The van der Waals surface area contributed by atoms with Crippen molar-refractivity contribution in [3.63, 3.8) is 0 Å². The number of carbonyl (C=O) groups is 1. The number of nitrogens with zero attached hydrogens (tertiary/aromatic N) is 1. The summed E-state index contributed by atoms with van der Waals surface area (Å²) in [5, 5.41) is 6.25. The first-order chi connectivity index (χ1) is 17.1. The zero-order chi connectivity index (χ0) is 24.4. The van der Waals surface area contributed by atoms with E-state index in [4.69, 9.17) is 9.15 Å². The van der Waals surface area contributed by atoms with E-state index in [1.807, 2.05) is 44.4 Å². The topological polar surface area (TPSA) is 64.4 Å². The average molecular weight is 463 g/mol. The minimum Gasteiger partial charge on any atom is -0.496 e. The second kappa shape index (κ2) is 9.47. The standard InChI is InChI=1S/C30H26N2O3/c1-19(14-28(33)32-17-21-8-7-13-31-16-21)25-15-26-27(18-35-30(26)20(2)29(25)34-3)24-12-6-10-22-9-4-5-11-23(22)24/h4-16,18H,17H2,1-3H3,(H,32,33)/b19-14+. The molecule has 0 bridgehead atoms. The van der Waals surface area contributed by atoms with Gasteiger partial charge >= 0.3 is 0 Å². The summed E-state index contributed by atoms with van der Waals surface area (Å²) in [5.74, 6) is 0.526. The molecule has 0 radical (unpaired) electrons. The average Bonchev–Trinajstić information content (AvgIpc) is 3.32. The molecule has 5 heteroatoms. The number of fused-ring (bicyclic) bond motifs is 2. The maximum Gasteiger partial charge on any atom is 0.244 e. The highest BCUT2D eigenvalue weighted by Gasteiger charge is 2.19. The number of allylic oxidation sites excluding steroid dienone is 1. The third-order valence-corrected chi connectivity index (χ3v) is 6.29. The lowest BCUT2D eigenvalue weighted by molar-refractivity contribution is -0.116. The number of amides is 1. The Kier molecular flexibility index (Phi) is 6.06. The highest BCUT2D eigenvalue weighted by Crippen LogP contribution is 2.42. The monoisotopic (exact) mass is 462 g/mol. The van der Waals surface area contributed by atoms with Gasteiger partial charge in [-0.25, -0.2) is 0 Å². The van der Waals surface area contributed by atoms with E-state index in [9.17, 15) is 4.79 Å². The third-order valence-electron chi connectivity index (χ3n) is 6.29. The Balaban J connectivity index is 1.56. The van der Waals surface area contributed by atoms with Gasteiger partial charge in [0.2, 0.25) is 5.91 Å². The van der Waals surface area contributed by atoms with Crippen molar-refractivity contribution in [2.45, 2.75) is 20.4 Å². The smallest absolute Gasteiger partial charge is 0.244 e. The van der Waals surface area contributed by atoms with Crippen LogP contribution in [0.4, 0.5) is 0 Å². The molecule has 5 aromatic rings. The number of methoxy groups -OCH3 is 1. The van der Waals surface area contributed by atoms with Gasteiger partial charge in [0.1, 0.15) is 11.3 Å². The lowest BCUT2D eigenvalue weighted by Gasteiger charge is -2.14. The van der Waals surface area contributed by atoms with Gasteiger partial charge in [0.15, 0.2) is 0 Å². The molecule has 0 fully saturated rings. The molecule has 3 aromatic carbocycles. The SMILES string of the molecule is COc1c(/C(C)=C/C(=O)NCc2cccnc2)cc2c(-c3cccc4ccccc34)coc2c1C. The Morgan fingerprint density at radius 2 is 1.89 bits per heavy atom. The fourth-order valence-electron chi connectivity index (χ4n) is 4.56. The fraction of sp³-hybridized carbons (Fsp3) is 0.133. The first-order valence-electron chi connectivity index (χ1n) is 11.5. The van der Waals surface area contributed by atoms with Crippen LogP contribution in [0.5, 0.6) is 5.75 Å². The third kappa shape index (κ3) is 4.28. The van der Waals surface area contributed by atoms with Crippen LogP contribution in [0.3, 0.4) is 0 Å². The predicted octanol–water partition coefficient (Wildman–Crippen LogP) is 6.68. The Labute approximate surface area is 204 Å². The minimum atomic E-state index is -0.173. The molecule has 35 heavy (non-hydrogen) atoms. The Hall–Kier alpha value is -4.38. The van der Waals surface area contributed by atoms with E-state index in [0.29, 0.717) is 12.3 Å². The number of aryl methyl sites for hydroxylation is 1. The van der Waals surface area contributed by atoms with Crippen molar-refractivity contribution in [2.24, 2.45) is 0 Å². The molecule has 2 aromatic heterocycles. The van der Waals surface area contributed by atoms with Crippen molar-refractivity contribution < 1.29 is 13.9 Å². The van der Waals surface area contributed by atoms with Crippen LogP contribution in [-0.4, -0.2) is 18.0 Å². The van der Waals surface area contributed by atoms with Crippen molar-refractivity contribution in [2.75, 3.05) is 7.11 Å². The number of aromatic nitrogens is 1. The molecule has 0 spiro atoms. The first-order valence-corrected chi connectivity index (χ1v) is 11.5. The molecule has 0 unspecified atom stereocenters. The molecular formula is C30H26N2O3. The normalized spacial score (nSPS) is 11.7. The van der Waals surface area contributed by atoms with Gasteiger partial charge in [0.05, 0.1) is 13.4 Å². The van der Waals surface area contributed by atoms with Gasteiger partial charge in [-0.1, -0.05) is 48.5 Å². The highest BCUT2D eigenvalue weighted by atomic mass is 16.5. The molecule has 5 nitrogen and oxygen atoms in total. The van der Waals surface area contributed by atoms with Crippen LogP contribution in [-0.2, 0) is 11.3 Å². The number of pyridine rings is 1. The Morgan fingerprint density at radius 1 is 1.06 bits per heavy atom. The van der Waals surface area contributed by atoms with Gasteiger partial charge in [-0.15, -0.1) is 0 Å². The van der Waals surface area contributed by atoms with E-state index >= 15 is 0 Å². The number of carbonyl (C=O) groups excluding carboxylic acids is 1. The van der Waals surface area contributed by atoms with Gasteiger partial charge < -0.3 is 14.5 Å². The summed E-state index contributed by atoms with van der Waals surface area (Å²) in [6, 6.07) is 20.4. The summed E-state index contributed by atoms with van der Waals surface area (Å²) < 4.78 is 11.8. The molecule has 2 heterocycles. The fourth-order valence-corrected chi connectivity index (χ4v) is 4.56. The summed E-state index contributed by atoms with van der Waals surface area (Å²) >= 11 is 0. The van der Waals surface area contributed by atoms with Gasteiger partial charge in [-0.2, -0.15) is 0 Å². The molecule has 0 aliphatic rings. The largest absolute Gasteiger partial charge is 0.496 e. The highest BCUT2D eigenvalue weighted by molar-refractivity contribution is 6.07. The molecule has 0 atom stereocenters. The van der Waals surface area contributed by atoms with Crippen LogP contribution in [0.2, 0.25) is 0 Å². The van der Waals surface area contributed by atoms with E-state index in [2.05, 4.69) is 46.7 Å². The predicted molar refractivity (Wildman–Crippen MR) is 140 cm³/mol. The van der Waals surface area contributed by atoms with Crippen LogP contribution in [0.1, 0.15) is 23.6 Å². The number of hydrogen-bond acceptors (Lipinski definition) is 4. The van der Waals surface area contributed by atoms with Crippen molar-refractivity contribution in [3.8, 4) is 16.9 Å². The lowest BCUT2D eigenvalue weighted by atomic mass is 9.94. The summed E-state index contributed by atoms with van der Waals surface area (Å²) in [5.41, 5.74) is 6.40. The maximum atomic E-state index is 12.7. The van der Waals surface area contributed by atoms with Crippen molar-refractivity contribution >= 4 is 33.2 Å². The summed E-state index contributed by atoms with van der Waals surface area (Å²) in [6.45, 7) is 4.32. The second-order valence-electron chi connectivity index (χ2n) is 8.54. The number of rotatable bonds is 6. The van der Waals surface area contributed by atoms with Crippen LogP contribution >= 0.6 is 0 Å². The molecule has 5 rings (SSSR count). The Morgan fingerprint density at radius 3 is 2.69 bits per heavy atom. The van der Waals surface area contributed by atoms with Gasteiger partial charge in [0, 0.05) is 47.1 Å². The maximum absolute atomic E-state index is 12.7. The molecule has 1 N–H and O–H groups in total. The quantitative estimate of drug-likeness (QED) is 0.286. The summed E-state index contributed by atoms with van der Waals surface area (Å²) in [6.07, 6.45) is 6.87. The van der Waals surface area contributed by atoms with E-state index < -0.39 is 0 Å². The molecule has 0 aliphatic heterocycles. The Bertz CT molecular complexity index is 1560. The van der Waals surface area contributed by atoms with E-state index in [1.165, 1.54) is 5.39 Å². The number of nitrogens with one attached hydrogen (secondary N) is 1. The molecule has 0 saturated carbocycles. The number of ether oxygens (including phenoxy) is 1. The molecular weight excluding hydrogens is 436 g/mol. The van der Waals surface area contributed by atoms with E-state index in [0.717, 1.165) is 49.7 Å². The minimum absolute atomic E-state index is 0.173. The molecule has 0 aliphatic carbocycles. The van der Waals surface area contributed by atoms with Crippen LogP contribution in [0, 0.1) is 6.92 Å². The molecule has 1 amide bonds. The van der Waals surface area contributed by atoms with E-state index in [1.54, 1.807) is 25.6 Å². The van der Waals surface area contributed by atoms with Crippen molar-refractivity contribution in [3.05, 3.63) is 102 Å². The first kappa shape index (κ1) is 22.4. The van der Waals surface area contributed by atoms with Gasteiger partial charge in [-0.3, -0.25) is 9.78 Å². The second-order valence-corrected chi connectivity index (χ2v) is 8.54. The number of furan rings is 1. The number of benzene rings is 3. The van der Waals surface area contributed by atoms with Crippen LogP contribution < -0.4 is 10.1 Å². The number of hydrogen-bond donors (Lipinski definition) is 1. The summed E-state index contributed by atoms with van der Waals surface area (Å²) in [7, 11) is 1.64.